The van der Waals surface area contributed by atoms with Crippen molar-refractivity contribution in [3.8, 4) is 0 Å². The van der Waals surface area contributed by atoms with E-state index in [1.807, 2.05) is 0 Å². The van der Waals surface area contributed by atoms with Gasteiger partial charge in [-0.25, -0.2) is 0 Å². The second-order valence-electron chi connectivity index (χ2n) is 5.29. The van der Waals surface area contributed by atoms with Gasteiger partial charge in [-0.05, 0) is 47.2 Å². The highest BCUT2D eigenvalue weighted by molar-refractivity contribution is 5.82. The third kappa shape index (κ3) is 2.50. The largest absolute Gasteiger partial charge is 0.312 e. The molecule has 0 aromatic heterocycles. The number of nitrogens with one attached hydrogen (secondary N) is 1. The quantitative estimate of drug-likeness (QED) is 0.838. The van der Waals surface area contributed by atoms with E-state index < -0.39 is 0 Å². The van der Waals surface area contributed by atoms with Gasteiger partial charge in [0.05, 0.1) is 0 Å². The first-order valence-corrected chi connectivity index (χ1v) is 6.51. The highest BCUT2D eigenvalue weighted by atomic mass is 14.9. The van der Waals surface area contributed by atoms with E-state index in [9.17, 15) is 0 Å². The van der Waals surface area contributed by atoms with E-state index in [1.165, 1.54) is 29.3 Å². The van der Waals surface area contributed by atoms with Crippen molar-refractivity contribution in [2.75, 3.05) is 6.54 Å². The van der Waals surface area contributed by atoms with Crippen LogP contribution in [-0.2, 0) is 6.54 Å². The van der Waals surface area contributed by atoms with E-state index in [1.54, 1.807) is 0 Å². The van der Waals surface area contributed by atoms with Gasteiger partial charge in [0.2, 0.25) is 0 Å². The molecule has 0 aliphatic heterocycles. The molecule has 1 aliphatic carbocycles. The van der Waals surface area contributed by atoms with Gasteiger partial charge in [-0.3, -0.25) is 0 Å². The Morgan fingerprint density at radius 1 is 1.12 bits per heavy atom. The third-order valence-electron chi connectivity index (χ3n) is 3.83. The van der Waals surface area contributed by atoms with Gasteiger partial charge in [-0.1, -0.05) is 43.3 Å². The predicted octanol–water partition coefficient (Wildman–Crippen LogP) is 3.59. The van der Waals surface area contributed by atoms with Crippen LogP contribution < -0.4 is 5.32 Å². The van der Waals surface area contributed by atoms with Crippen molar-refractivity contribution in [2.45, 2.75) is 19.9 Å². The maximum atomic E-state index is 3.56. The minimum Gasteiger partial charge on any atom is -0.312 e. The molecule has 2 aromatic rings. The van der Waals surface area contributed by atoms with Crippen LogP contribution >= 0.6 is 0 Å². The molecule has 2 unspecified atom stereocenters. The second kappa shape index (κ2) is 4.50. The molecule has 2 aromatic carbocycles. The lowest BCUT2D eigenvalue weighted by Gasteiger charge is -2.05. The molecule has 0 saturated heterocycles. The first-order valence-electron chi connectivity index (χ1n) is 6.51. The minimum atomic E-state index is 0.926. The maximum absolute atomic E-state index is 3.56. The molecule has 0 spiro atoms. The second-order valence-corrected chi connectivity index (χ2v) is 5.29. The molecule has 1 saturated carbocycles. The number of benzene rings is 2. The number of fused-ring (bicyclic) bond motifs is 1. The lowest BCUT2D eigenvalue weighted by Crippen LogP contribution is -2.16. The number of rotatable bonds is 4. The maximum Gasteiger partial charge on any atom is 0.0205 e. The van der Waals surface area contributed by atoms with Crippen molar-refractivity contribution in [2.24, 2.45) is 11.8 Å². The number of hydrogen-bond acceptors (Lipinski definition) is 1. The van der Waals surface area contributed by atoms with E-state index in [4.69, 9.17) is 0 Å². The first kappa shape index (κ1) is 10.8. The summed E-state index contributed by atoms with van der Waals surface area (Å²) in [6.45, 7) is 4.50. The van der Waals surface area contributed by atoms with Crippen molar-refractivity contribution in [1.29, 1.82) is 0 Å². The van der Waals surface area contributed by atoms with Gasteiger partial charge in [-0.15, -0.1) is 0 Å². The van der Waals surface area contributed by atoms with Gasteiger partial charge in [0, 0.05) is 6.54 Å². The average molecular weight is 225 g/mol. The van der Waals surface area contributed by atoms with Gasteiger partial charge in [0.15, 0.2) is 0 Å². The van der Waals surface area contributed by atoms with E-state index in [2.05, 4.69) is 54.7 Å². The highest BCUT2D eigenvalue weighted by Crippen LogP contribution is 2.36. The summed E-state index contributed by atoms with van der Waals surface area (Å²) in [7, 11) is 0. The Kier molecular flexibility index (Phi) is 2.86. The van der Waals surface area contributed by atoms with Crippen LogP contribution in [0.1, 0.15) is 18.9 Å². The molecule has 1 nitrogen and oxygen atoms in total. The Morgan fingerprint density at radius 2 is 1.88 bits per heavy atom. The summed E-state index contributed by atoms with van der Waals surface area (Å²) >= 11 is 0. The first-order chi connectivity index (χ1) is 8.33. The minimum absolute atomic E-state index is 0.926. The molecule has 0 bridgehead atoms. The molecular weight excluding hydrogens is 206 g/mol. The summed E-state index contributed by atoms with van der Waals surface area (Å²) in [6, 6.07) is 15.3. The van der Waals surface area contributed by atoms with Crippen molar-refractivity contribution in [3.05, 3.63) is 48.0 Å². The van der Waals surface area contributed by atoms with Crippen LogP contribution in [0.2, 0.25) is 0 Å². The summed E-state index contributed by atoms with van der Waals surface area (Å²) < 4.78 is 0. The number of hydrogen-bond donors (Lipinski definition) is 1. The van der Waals surface area contributed by atoms with Crippen LogP contribution in [0.15, 0.2) is 42.5 Å². The summed E-state index contributed by atoms with van der Waals surface area (Å²) in [5.41, 5.74) is 1.39. The zero-order valence-electron chi connectivity index (χ0n) is 10.3. The molecule has 17 heavy (non-hydrogen) atoms. The van der Waals surface area contributed by atoms with Crippen molar-refractivity contribution < 1.29 is 0 Å². The fourth-order valence-electron chi connectivity index (χ4n) is 2.43. The molecule has 0 amide bonds. The van der Waals surface area contributed by atoms with Gasteiger partial charge in [0.1, 0.15) is 0 Å². The predicted molar refractivity (Wildman–Crippen MR) is 72.9 cm³/mol. The molecule has 1 aliphatic rings. The lowest BCUT2D eigenvalue weighted by molar-refractivity contribution is 0.612. The SMILES string of the molecule is CC1CC1CNCc1ccc2ccccc2c1. The van der Waals surface area contributed by atoms with Gasteiger partial charge < -0.3 is 5.32 Å². The van der Waals surface area contributed by atoms with Crippen LogP contribution in [0.5, 0.6) is 0 Å². The molecule has 3 rings (SSSR count). The Bertz CT molecular complexity index is 518. The zero-order valence-corrected chi connectivity index (χ0v) is 10.3. The molecule has 1 heteroatoms. The highest BCUT2D eigenvalue weighted by Gasteiger charge is 2.31. The van der Waals surface area contributed by atoms with Crippen LogP contribution in [0.4, 0.5) is 0 Å². The Balaban J connectivity index is 1.64. The van der Waals surface area contributed by atoms with Crippen LogP contribution in [0, 0.1) is 11.8 Å². The average Bonchev–Trinajstić information content (AvgIpc) is 3.05. The Labute approximate surface area is 103 Å². The molecule has 88 valence electrons. The monoisotopic (exact) mass is 225 g/mol. The van der Waals surface area contributed by atoms with E-state index in [-0.39, 0.29) is 0 Å². The standard InChI is InChI=1S/C16H19N/c1-12-8-16(12)11-17-10-13-6-7-14-4-2-3-5-15(14)9-13/h2-7,9,12,16-17H,8,10-11H2,1H3. The lowest BCUT2D eigenvalue weighted by atomic mass is 10.1. The Hall–Kier alpha value is -1.34. The topological polar surface area (TPSA) is 12.0 Å². The summed E-state index contributed by atoms with van der Waals surface area (Å²) in [4.78, 5) is 0. The Morgan fingerprint density at radius 3 is 2.65 bits per heavy atom. The molecule has 1 N–H and O–H groups in total. The summed E-state index contributed by atoms with van der Waals surface area (Å²) in [5.74, 6) is 1.87. The molecule has 1 fully saturated rings. The summed E-state index contributed by atoms with van der Waals surface area (Å²) in [5, 5.41) is 6.22. The van der Waals surface area contributed by atoms with E-state index in [0.717, 1.165) is 18.4 Å². The fraction of sp³-hybridized carbons (Fsp3) is 0.375. The molecular formula is C16H19N. The third-order valence-corrected chi connectivity index (χ3v) is 3.83. The fourth-order valence-corrected chi connectivity index (χ4v) is 2.43. The zero-order chi connectivity index (χ0) is 11.7. The van der Waals surface area contributed by atoms with Gasteiger partial charge >= 0.3 is 0 Å². The van der Waals surface area contributed by atoms with Crippen molar-refractivity contribution in [3.63, 3.8) is 0 Å². The van der Waals surface area contributed by atoms with E-state index in [0.29, 0.717) is 0 Å². The molecule has 0 radical (unpaired) electrons. The molecule has 2 atom stereocenters. The van der Waals surface area contributed by atoms with Gasteiger partial charge in [-0.2, -0.15) is 0 Å². The summed E-state index contributed by atoms with van der Waals surface area (Å²) in [6.07, 6.45) is 1.41. The van der Waals surface area contributed by atoms with Gasteiger partial charge in [0.25, 0.3) is 0 Å². The molecule has 0 heterocycles. The van der Waals surface area contributed by atoms with Crippen molar-refractivity contribution >= 4 is 10.8 Å². The van der Waals surface area contributed by atoms with Crippen LogP contribution in [0.25, 0.3) is 10.8 Å². The smallest absolute Gasteiger partial charge is 0.0205 e. The normalized spacial score (nSPS) is 22.9. The van der Waals surface area contributed by atoms with Crippen LogP contribution in [0.3, 0.4) is 0 Å². The van der Waals surface area contributed by atoms with E-state index >= 15 is 0 Å². The van der Waals surface area contributed by atoms with Crippen molar-refractivity contribution in [1.82, 2.24) is 5.32 Å². The van der Waals surface area contributed by atoms with Crippen LogP contribution in [-0.4, -0.2) is 6.54 Å².